The zero-order valence-corrected chi connectivity index (χ0v) is 9.53. The third-order valence-electron chi connectivity index (χ3n) is 2.52. The van der Waals surface area contributed by atoms with Gasteiger partial charge in [-0.15, -0.1) is 0 Å². The zero-order valence-electron chi connectivity index (χ0n) is 9.53. The number of aliphatic hydroxyl groups is 1. The molecule has 0 bridgehead atoms. The predicted molar refractivity (Wildman–Crippen MR) is 61.0 cm³/mol. The molecule has 1 aromatic carbocycles. The first-order chi connectivity index (χ1) is 7.54. The van der Waals surface area contributed by atoms with Crippen molar-refractivity contribution in [1.82, 2.24) is 0 Å². The van der Waals surface area contributed by atoms with E-state index in [0.717, 1.165) is 11.3 Å². The number of nitrogens with zero attached hydrogens (tertiary/aromatic N) is 1. The van der Waals surface area contributed by atoms with Gasteiger partial charge >= 0.3 is 0 Å². The van der Waals surface area contributed by atoms with Gasteiger partial charge in [-0.25, -0.2) is 8.78 Å². The summed E-state index contributed by atoms with van der Waals surface area (Å²) in [6, 6.07) is 7.03. The Kier molecular flexibility index (Phi) is 4.68. The van der Waals surface area contributed by atoms with E-state index in [9.17, 15) is 13.9 Å². The van der Waals surface area contributed by atoms with E-state index in [1.54, 1.807) is 31.3 Å². The van der Waals surface area contributed by atoms with Crippen LogP contribution in [0.15, 0.2) is 24.3 Å². The quantitative estimate of drug-likeness (QED) is 0.839. The van der Waals surface area contributed by atoms with Crippen molar-refractivity contribution in [3.8, 4) is 0 Å². The summed E-state index contributed by atoms with van der Waals surface area (Å²) in [5.41, 5.74) is 1.55. The van der Waals surface area contributed by atoms with Gasteiger partial charge in [0.15, 0.2) is 0 Å². The fourth-order valence-corrected chi connectivity index (χ4v) is 1.50. The summed E-state index contributed by atoms with van der Waals surface area (Å²) in [4.78, 5) is 1.49. The van der Waals surface area contributed by atoms with Crippen LogP contribution in [-0.2, 0) is 0 Å². The number of alkyl halides is 2. The van der Waals surface area contributed by atoms with Crippen LogP contribution in [-0.4, -0.2) is 25.1 Å². The van der Waals surface area contributed by atoms with Gasteiger partial charge in [-0.2, -0.15) is 0 Å². The second-order valence-electron chi connectivity index (χ2n) is 3.79. The molecule has 0 saturated carbocycles. The third-order valence-corrected chi connectivity index (χ3v) is 2.52. The Hall–Kier alpha value is -1.16. The van der Waals surface area contributed by atoms with Gasteiger partial charge in [0.2, 0.25) is 0 Å². The lowest BCUT2D eigenvalue weighted by atomic mass is 10.1. The van der Waals surface area contributed by atoms with Crippen LogP contribution in [0.1, 0.15) is 25.0 Å². The number of benzene rings is 1. The second kappa shape index (κ2) is 5.80. The average molecular weight is 229 g/mol. The van der Waals surface area contributed by atoms with Gasteiger partial charge in [0.05, 0.1) is 12.6 Å². The van der Waals surface area contributed by atoms with Gasteiger partial charge in [0.1, 0.15) is 0 Å². The molecular weight excluding hydrogens is 212 g/mol. The Bertz CT molecular complexity index is 313. The molecule has 16 heavy (non-hydrogen) atoms. The van der Waals surface area contributed by atoms with Crippen LogP contribution < -0.4 is 4.90 Å². The van der Waals surface area contributed by atoms with Crippen LogP contribution in [0.3, 0.4) is 0 Å². The number of anilines is 1. The first kappa shape index (κ1) is 12.9. The van der Waals surface area contributed by atoms with Gasteiger partial charge in [-0.1, -0.05) is 19.1 Å². The Morgan fingerprint density at radius 1 is 1.25 bits per heavy atom. The Labute approximate surface area is 94.5 Å². The number of aliphatic hydroxyl groups excluding tert-OH is 1. The van der Waals surface area contributed by atoms with Crippen molar-refractivity contribution in [1.29, 1.82) is 0 Å². The van der Waals surface area contributed by atoms with E-state index in [2.05, 4.69) is 0 Å². The summed E-state index contributed by atoms with van der Waals surface area (Å²) in [6.07, 6.45) is -2.17. The minimum absolute atomic E-state index is 0.282. The largest absolute Gasteiger partial charge is 0.388 e. The molecule has 0 aromatic heterocycles. The summed E-state index contributed by atoms with van der Waals surface area (Å²) < 4.78 is 24.3. The fourth-order valence-electron chi connectivity index (χ4n) is 1.50. The van der Waals surface area contributed by atoms with E-state index in [1.165, 1.54) is 4.90 Å². The van der Waals surface area contributed by atoms with Crippen LogP contribution in [0.5, 0.6) is 0 Å². The molecule has 0 radical (unpaired) electrons. The maximum absolute atomic E-state index is 12.2. The maximum Gasteiger partial charge on any atom is 0.255 e. The van der Waals surface area contributed by atoms with Gasteiger partial charge in [0.25, 0.3) is 6.43 Å². The predicted octanol–water partition coefficient (Wildman–Crippen LogP) is 2.83. The van der Waals surface area contributed by atoms with Gasteiger partial charge in [-0.05, 0) is 24.1 Å². The molecule has 1 atom stereocenters. The Morgan fingerprint density at radius 2 is 1.81 bits per heavy atom. The number of halogens is 2. The monoisotopic (exact) mass is 229 g/mol. The van der Waals surface area contributed by atoms with Gasteiger partial charge in [-0.3, -0.25) is 0 Å². The molecule has 0 aliphatic heterocycles. The molecule has 0 amide bonds. The van der Waals surface area contributed by atoms with Crippen LogP contribution >= 0.6 is 0 Å². The van der Waals surface area contributed by atoms with E-state index < -0.39 is 12.5 Å². The first-order valence-corrected chi connectivity index (χ1v) is 5.32. The molecule has 1 aromatic rings. The van der Waals surface area contributed by atoms with Crippen molar-refractivity contribution >= 4 is 5.69 Å². The third kappa shape index (κ3) is 3.45. The van der Waals surface area contributed by atoms with E-state index >= 15 is 0 Å². The molecule has 1 rings (SSSR count). The molecule has 0 fully saturated rings. The smallest absolute Gasteiger partial charge is 0.255 e. The molecule has 1 N–H and O–H groups in total. The summed E-state index contributed by atoms with van der Waals surface area (Å²) >= 11 is 0. The highest BCUT2D eigenvalue weighted by Gasteiger charge is 2.09. The Balaban J connectivity index is 2.70. The first-order valence-electron chi connectivity index (χ1n) is 5.32. The van der Waals surface area contributed by atoms with E-state index in [4.69, 9.17) is 0 Å². The highest BCUT2D eigenvalue weighted by atomic mass is 19.3. The second-order valence-corrected chi connectivity index (χ2v) is 3.79. The van der Waals surface area contributed by atoms with E-state index in [0.29, 0.717) is 6.42 Å². The lowest BCUT2D eigenvalue weighted by Crippen LogP contribution is -2.23. The van der Waals surface area contributed by atoms with Crippen LogP contribution in [0.4, 0.5) is 14.5 Å². The van der Waals surface area contributed by atoms with Gasteiger partial charge < -0.3 is 10.0 Å². The maximum atomic E-state index is 12.2. The summed E-state index contributed by atoms with van der Waals surface area (Å²) in [7, 11) is 1.62. The molecule has 0 aliphatic rings. The minimum Gasteiger partial charge on any atom is -0.388 e. The fraction of sp³-hybridized carbons (Fsp3) is 0.500. The van der Waals surface area contributed by atoms with E-state index in [-0.39, 0.29) is 6.54 Å². The normalized spacial score (nSPS) is 12.9. The number of hydrogen-bond donors (Lipinski definition) is 1. The van der Waals surface area contributed by atoms with E-state index in [1.807, 2.05) is 6.92 Å². The molecule has 4 heteroatoms. The highest BCUT2D eigenvalue weighted by Crippen LogP contribution is 2.20. The van der Waals surface area contributed by atoms with Crippen molar-refractivity contribution in [3.05, 3.63) is 29.8 Å². The van der Waals surface area contributed by atoms with Crippen molar-refractivity contribution in [3.63, 3.8) is 0 Å². The highest BCUT2D eigenvalue weighted by molar-refractivity contribution is 5.47. The molecule has 0 saturated heterocycles. The molecule has 0 spiro atoms. The van der Waals surface area contributed by atoms with Crippen molar-refractivity contribution in [2.45, 2.75) is 25.9 Å². The number of rotatable bonds is 5. The van der Waals surface area contributed by atoms with Gasteiger partial charge in [0, 0.05) is 12.7 Å². The lowest BCUT2D eigenvalue weighted by Gasteiger charge is -2.19. The molecular formula is C12H17F2NO. The molecule has 1 unspecified atom stereocenters. The van der Waals surface area contributed by atoms with Crippen molar-refractivity contribution in [2.75, 3.05) is 18.5 Å². The number of hydrogen-bond acceptors (Lipinski definition) is 2. The molecule has 0 heterocycles. The average Bonchev–Trinajstić information content (AvgIpc) is 2.27. The topological polar surface area (TPSA) is 23.5 Å². The zero-order chi connectivity index (χ0) is 12.1. The van der Waals surface area contributed by atoms with Crippen LogP contribution in [0, 0.1) is 0 Å². The molecule has 0 aliphatic carbocycles. The van der Waals surface area contributed by atoms with Crippen molar-refractivity contribution < 1.29 is 13.9 Å². The summed E-state index contributed by atoms with van der Waals surface area (Å²) in [5.74, 6) is 0. The van der Waals surface area contributed by atoms with Crippen LogP contribution in [0.2, 0.25) is 0 Å². The summed E-state index contributed by atoms with van der Waals surface area (Å²) in [6.45, 7) is 1.61. The minimum atomic E-state index is -2.34. The molecule has 2 nitrogen and oxygen atoms in total. The standard InChI is InChI=1S/C12H17F2NO/c1-3-11(16)9-4-6-10(7-5-9)15(2)8-12(13)14/h4-7,11-12,16H,3,8H2,1-2H3. The van der Waals surface area contributed by atoms with Crippen molar-refractivity contribution in [2.24, 2.45) is 0 Å². The SMILES string of the molecule is CCC(O)c1ccc(N(C)CC(F)F)cc1. The summed E-state index contributed by atoms with van der Waals surface area (Å²) in [5, 5.41) is 9.57. The Morgan fingerprint density at radius 3 is 2.25 bits per heavy atom. The molecule has 90 valence electrons. The lowest BCUT2D eigenvalue weighted by molar-refractivity contribution is 0.156. The van der Waals surface area contributed by atoms with Crippen LogP contribution in [0.25, 0.3) is 0 Å².